The fraction of sp³-hybridized carbons (Fsp3) is 0.100. The number of benzene rings is 6. The molecule has 0 bridgehead atoms. The Balaban J connectivity index is 1.27. The van der Waals surface area contributed by atoms with Crippen molar-refractivity contribution in [2.45, 2.75) is 26.7 Å². The molecule has 0 radical (unpaired) electrons. The highest BCUT2D eigenvalue weighted by Crippen LogP contribution is 2.42. The molecule has 0 heterocycles. The second-order valence-electron chi connectivity index (χ2n) is 11.2. The van der Waals surface area contributed by atoms with Crippen molar-refractivity contribution in [1.82, 2.24) is 0 Å². The number of anilines is 6. The number of hydrogen-bond acceptors (Lipinski definition) is 2. The number of rotatable bonds is 6. The van der Waals surface area contributed by atoms with Gasteiger partial charge < -0.3 is 9.80 Å². The molecular weight excluding hydrogens is 508 g/mol. The molecule has 0 aromatic heterocycles. The Bertz CT molecular complexity index is 1680. The lowest BCUT2D eigenvalue weighted by atomic mass is 9.85. The van der Waals surface area contributed by atoms with Gasteiger partial charge in [0.05, 0.1) is 0 Å². The highest BCUT2D eigenvalue weighted by atomic mass is 15.1. The molecule has 1 aliphatic rings. The van der Waals surface area contributed by atoms with Crippen molar-refractivity contribution in [2.75, 3.05) is 9.80 Å². The van der Waals surface area contributed by atoms with Gasteiger partial charge in [-0.05, 0) is 122 Å². The molecule has 0 aliphatic heterocycles. The summed E-state index contributed by atoms with van der Waals surface area (Å²) in [6, 6.07) is 52.9. The van der Waals surface area contributed by atoms with Crippen LogP contribution in [-0.4, -0.2) is 0 Å². The lowest BCUT2D eigenvalue weighted by molar-refractivity contribution is 0.940. The highest BCUT2D eigenvalue weighted by molar-refractivity contribution is 5.84. The summed E-state index contributed by atoms with van der Waals surface area (Å²) in [6.07, 6.45) is 2.04. The maximum atomic E-state index is 2.39. The van der Waals surface area contributed by atoms with Gasteiger partial charge >= 0.3 is 0 Å². The van der Waals surface area contributed by atoms with Gasteiger partial charge in [-0.3, -0.25) is 0 Å². The maximum Gasteiger partial charge on any atom is 0.0464 e. The molecule has 0 fully saturated rings. The van der Waals surface area contributed by atoms with Crippen LogP contribution in [-0.2, 0) is 12.8 Å². The SMILES string of the molecule is Cc1ccc(N(c2ccccc2)c2ccc3c(c2)CCc2cc(N(c4ccccc4)c4ccc(C)cc4)ccc2-3)cc1. The Kier molecular flexibility index (Phi) is 6.81. The van der Waals surface area contributed by atoms with Gasteiger partial charge in [0.15, 0.2) is 0 Å². The minimum atomic E-state index is 1.02. The Labute approximate surface area is 249 Å². The van der Waals surface area contributed by atoms with Crippen LogP contribution in [0.2, 0.25) is 0 Å². The minimum absolute atomic E-state index is 1.02. The third-order valence-electron chi connectivity index (χ3n) is 8.26. The van der Waals surface area contributed by atoms with E-state index in [0.29, 0.717) is 0 Å². The maximum absolute atomic E-state index is 2.39. The molecule has 0 atom stereocenters. The van der Waals surface area contributed by atoms with Crippen LogP contribution in [0.15, 0.2) is 146 Å². The molecule has 204 valence electrons. The van der Waals surface area contributed by atoms with E-state index in [9.17, 15) is 0 Å². The molecule has 0 saturated heterocycles. The van der Waals surface area contributed by atoms with Gasteiger partial charge in [-0.1, -0.05) is 83.9 Å². The fourth-order valence-electron chi connectivity index (χ4n) is 6.08. The molecule has 42 heavy (non-hydrogen) atoms. The quantitative estimate of drug-likeness (QED) is 0.206. The molecule has 0 saturated carbocycles. The van der Waals surface area contributed by atoms with Gasteiger partial charge in [0, 0.05) is 34.1 Å². The summed E-state index contributed by atoms with van der Waals surface area (Å²) < 4.78 is 0. The molecule has 0 amide bonds. The van der Waals surface area contributed by atoms with Crippen LogP contribution in [0.5, 0.6) is 0 Å². The second kappa shape index (κ2) is 11.1. The van der Waals surface area contributed by atoms with Crippen LogP contribution in [0.25, 0.3) is 11.1 Å². The standard InChI is InChI=1S/C40H34N2/c1-29-13-19-35(20-14-29)41(33-9-5-3-6-10-33)37-23-25-39-31(27-37)17-18-32-28-38(24-26-40(32)39)42(34-11-7-4-8-12-34)36-21-15-30(2)16-22-36/h3-16,19-28H,17-18H2,1-2H3. The Morgan fingerprint density at radius 2 is 0.690 bits per heavy atom. The highest BCUT2D eigenvalue weighted by Gasteiger charge is 2.21. The molecule has 1 aliphatic carbocycles. The van der Waals surface area contributed by atoms with E-state index in [-0.39, 0.29) is 0 Å². The summed E-state index contributed by atoms with van der Waals surface area (Å²) in [5, 5.41) is 0. The molecule has 2 nitrogen and oxygen atoms in total. The molecule has 2 heteroatoms. The van der Waals surface area contributed by atoms with Crippen molar-refractivity contribution in [1.29, 1.82) is 0 Å². The largest absolute Gasteiger partial charge is 0.310 e. The van der Waals surface area contributed by atoms with E-state index >= 15 is 0 Å². The Hall–Kier alpha value is -5.08. The Morgan fingerprint density at radius 1 is 0.357 bits per heavy atom. The second-order valence-corrected chi connectivity index (χ2v) is 11.2. The normalized spacial score (nSPS) is 11.9. The molecule has 0 unspecified atom stereocenters. The third kappa shape index (κ3) is 4.97. The van der Waals surface area contributed by atoms with Gasteiger partial charge in [0.1, 0.15) is 0 Å². The average molecular weight is 543 g/mol. The van der Waals surface area contributed by atoms with Crippen LogP contribution in [0, 0.1) is 13.8 Å². The van der Waals surface area contributed by atoms with Crippen LogP contribution >= 0.6 is 0 Å². The number of fused-ring (bicyclic) bond motifs is 3. The number of para-hydroxylation sites is 2. The first-order valence-electron chi connectivity index (χ1n) is 14.7. The van der Waals surface area contributed by atoms with Gasteiger partial charge in [-0.2, -0.15) is 0 Å². The molecule has 7 rings (SSSR count). The summed E-state index contributed by atoms with van der Waals surface area (Å²) in [4.78, 5) is 4.72. The topological polar surface area (TPSA) is 6.48 Å². The Morgan fingerprint density at radius 3 is 1.07 bits per heavy atom. The van der Waals surface area contributed by atoms with Crippen molar-refractivity contribution in [2.24, 2.45) is 0 Å². The third-order valence-corrected chi connectivity index (χ3v) is 8.26. The number of hydrogen-bond donors (Lipinski definition) is 0. The van der Waals surface area contributed by atoms with E-state index in [0.717, 1.165) is 12.8 Å². The van der Waals surface area contributed by atoms with E-state index in [1.807, 2.05) is 0 Å². The van der Waals surface area contributed by atoms with E-state index in [1.165, 1.54) is 67.5 Å². The average Bonchev–Trinajstić information content (AvgIpc) is 3.04. The van der Waals surface area contributed by atoms with Gasteiger partial charge in [0.25, 0.3) is 0 Å². The summed E-state index contributed by atoms with van der Waals surface area (Å²) in [5.74, 6) is 0. The molecule has 6 aromatic carbocycles. The summed E-state index contributed by atoms with van der Waals surface area (Å²) in [6.45, 7) is 4.27. The first-order valence-corrected chi connectivity index (χ1v) is 14.7. The van der Waals surface area contributed by atoms with Crippen molar-refractivity contribution in [3.05, 3.63) is 168 Å². The lowest BCUT2D eigenvalue weighted by Gasteiger charge is -2.29. The lowest BCUT2D eigenvalue weighted by Crippen LogP contribution is -2.13. The van der Waals surface area contributed by atoms with Crippen LogP contribution in [0.4, 0.5) is 34.1 Å². The molecule has 6 aromatic rings. The van der Waals surface area contributed by atoms with E-state index in [4.69, 9.17) is 0 Å². The van der Waals surface area contributed by atoms with Crippen LogP contribution in [0.1, 0.15) is 22.3 Å². The number of nitrogens with zero attached hydrogens (tertiary/aromatic N) is 2. The van der Waals surface area contributed by atoms with E-state index < -0.39 is 0 Å². The minimum Gasteiger partial charge on any atom is -0.310 e. The van der Waals surface area contributed by atoms with Crippen molar-refractivity contribution in [3.8, 4) is 11.1 Å². The van der Waals surface area contributed by atoms with Crippen molar-refractivity contribution in [3.63, 3.8) is 0 Å². The van der Waals surface area contributed by atoms with Crippen LogP contribution in [0.3, 0.4) is 0 Å². The molecule has 0 N–H and O–H groups in total. The predicted molar refractivity (Wildman–Crippen MR) is 178 cm³/mol. The fourth-order valence-corrected chi connectivity index (χ4v) is 6.08. The van der Waals surface area contributed by atoms with Gasteiger partial charge in [-0.15, -0.1) is 0 Å². The first-order chi connectivity index (χ1) is 20.6. The van der Waals surface area contributed by atoms with E-state index in [2.05, 4.69) is 169 Å². The summed E-state index contributed by atoms with van der Waals surface area (Å²) in [5.41, 5.74) is 15.1. The summed E-state index contributed by atoms with van der Waals surface area (Å²) >= 11 is 0. The van der Waals surface area contributed by atoms with Gasteiger partial charge in [0.2, 0.25) is 0 Å². The zero-order valence-corrected chi connectivity index (χ0v) is 24.2. The van der Waals surface area contributed by atoms with Crippen molar-refractivity contribution < 1.29 is 0 Å². The monoisotopic (exact) mass is 542 g/mol. The first kappa shape index (κ1) is 25.9. The zero-order valence-electron chi connectivity index (χ0n) is 24.2. The van der Waals surface area contributed by atoms with Crippen LogP contribution < -0.4 is 9.80 Å². The predicted octanol–water partition coefficient (Wildman–Crippen LogP) is 11.0. The smallest absolute Gasteiger partial charge is 0.0464 e. The van der Waals surface area contributed by atoms with E-state index in [1.54, 1.807) is 0 Å². The summed E-state index contributed by atoms with van der Waals surface area (Å²) in [7, 11) is 0. The van der Waals surface area contributed by atoms with Crippen molar-refractivity contribution >= 4 is 34.1 Å². The molecular formula is C40H34N2. The number of aryl methyl sites for hydroxylation is 4. The molecule has 0 spiro atoms. The zero-order chi connectivity index (χ0) is 28.5. The van der Waals surface area contributed by atoms with Gasteiger partial charge in [-0.25, -0.2) is 0 Å².